The van der Waals surface area contributed by atoms with Gasteiger partial charge in [-0.1, -0.05) is 6.07 Å². The molecule has 4 nitrogen and oxygen atoms in total. The zero-order chi connectivity index (χ0) is 13.7. The van der Waals surface area contributed by atoms with E-state index in [1.165, 1.54) is 23.1 Å². The predicted molar refractivity (Wildman–Crippen MR) is 75.0 cm³/mol. The van der Waals surface area contributed by atoms with Crippen molar-refractivity contribution in [3.63, 3.8) is 0 Å². The highest BCUT2D eigenvalue weighted by atomic mass is 35.5. The minimum atomic E-state index is -0.675. The fourth-order valence-corrected chi connectivity index (χ4v) is 1.46. The predicted octanol–water partition coefficient (Wildman–Crippen LogP) is 1.82. The van der Waals surface area contributed by atoms with Crippen LogP contribution in [0, 0.1) is 5.82 Å². The molecule has 2 N–H and O–H groups in total. The Bertz CT molecular complexity index is 417. The fourth-order valence-electron chi connectivity index (χ4n) is 1.46. The lowest BCUT2D eigenvalue weighted by atomic mass is 10.2. The van der Waals surface area contributed by atoms with Gasteiger partial charge in [-0.05, 0) is 26.0 Å². The van der Waals surface area contributed by atoms with E-state index in [2.05, 4.69) is 0 Å². The Labute approximate surface area is 119 Å². The van der Waals surface area contributed by atoms with Crippen molar-refractivity contribution in [1.29, 1.82) is 0 Å². The summed E-state index contributed by atoms with van der Waals surface area (Å²) in [7, 11) is 1.67. The molecule has 0 fully saturated rings. The molecular formula is C13H20ClFN2O2. The second-order valence-electron chi connectivity index (χ2n) is 4.25. The molecule has 0 aliphatic heterocycles. The van der Waals surface area contributed by atoms with E-state index in [0.717, 1.165) is 0 Å². The largest absolute Gasteiger partial charge is 0.481 e. The van der Waals surface area contributed by atoms with Crippen molar-refractivity contribution in [3.05, 3.63) is 30.1 Å². The molecule has 1 aromatic rings. The van der Waals surface area contributed by atoms with Crippen LogP contribution in [0.3, 0.4) is 0 Å². The molecule has 0 heterocycles. The summed E-state index contributed by atoms with van der Waals surface area (Å²) in [6.07, 6.45) is -0.675. The first-order valence-electron chi connectivity index (χ1n) is 5.84. The Kier molecular flexibility index (Phi) is 7.41. The zero-order valence-corrected chi connectivity index (χ0v) is 12.1. The number of carbonyl (C=O) groups excluding carboxylic acids is 1. The standard InChI is InChI=1S/C13H19FN2O2.ClH/c1-9(8-15)16(3)13(17)10(2)18-12-6-4-5-11(14)7-12;/h4-7,9-10H,8,15H2,1-3H3;1H. The highest BCUT2D eigenvalue weighted by molar-refractivity contribution is 5.85. The number of rotatable bonds is 5. The van der Waals surface area contributed by atoms with Crippen molar-refractivity contribution < 1.29 is 13.9 Å². The first-order chi connectivity index (χ1) is 8.45. The van der Waals surface area contributed by atoms with Gasteiger partial charge in [0, 0.05) is 25.7 Å². The molecule has 0 radical (unpaired) electrons. The van der Waals surface area contributed by atoms with E-state index in [4.69, 9.17) is 10.5 Å². The number of ether oxygens (including phenoxy) is 1. The summed E-state index contributed by atoms with van der Waals surface area (Å²) in [5.74, 6) is -0.238. The molecule has 1 rings (SSSR count). The Hall–Kier alpha value is -1.33. The second kappa shape index (κ2) is 7.96. The number of hydrogen-bond acceptors (Lipinski definition) is 3. The van der Waals surface area contributed by atoms with Gasteiger partial charge in [0.05, 0.1) is 0 Å². The van der Waals surface area contributed by atoms with Gasteiger partial charge in [-0.15, -0.1) is 12.4 Å². The molecule has 0 saturated heterocycles. The van der Waals surface area contributed by atoms with Gasteiger partial charge in [0.25, 0.3) is 5.91 Å². The molecule has 0 aliphatic rings. The molecule has 19 heavy (non-hydrogen) atoms. The summed E-state index contributed by atoms with van der Waals surface area (Å²) in [5.41, 5.74) is 5.50. The van der Waals surface area contributed by atoms with Gasteiger partial charge in [0.1, 0.15) is 11.6 Å². The van der Waals surface area contributed by atoms with Crippen molar-refractivity contribution in [1.82, 2.24) is 4.90 Å². The molecule has 2 atom stereocenters. The minimum absolute atomic E-state index is 0. The number of amides is 1. The van der Waals surface area contributed by atoms with Crippen molar-refractivity contribution in [3.8, 4) is 5.75 Å². The lowest BCUT2D eigenvalue weighted by Gasteiger charge is -2.26. The van der Waals surface area contributed by atoms with Crippen molar-refractivity contribution in [2.45, 2.75) is 26.0 Å². The smallest absolute Gasteiger partial charge is 0.263 e. The fraction of sp³-hybridized carbons (Fsp3) is 0.462. The van der Waals surface area contributed by atoms with E-state index in [-0.39, 0.29) is 24.4 Å². The van der Waals surface area contributed by atoms with Crippen LogP contribution in [0.1, 0.15) is 13.8 Å². The second-order valence-corrected chi connectivity index (χ2v) is 4.25. The number of benzene rings is 1. The summed E-state index contributed by atoms with van der Waals surface area (Å²) in [6.45, 7) is 3.87. The van der Waals surface area contributed by atoms with Crippen LogP contribution in [0.4, 0.5) is 4.39 Å². The van der Waals surface area contributed by atoms with Crippen molar-refractivity contribution >= 4 is 18.3 Å². The lowest BCUT2D eigenvalue weighted by molar-refractivity contribution is -0.138. The van der Waals surface area contributed by atoms with E-state index in [1.807, 2.05) is 6.92 Å². The normalized spacial score (nSPS) is 13.1. The van der Waals surface area contributed by atoms with Crippen LogP contribution in [-0.4, -0.2) is 36.5 Å². The average molecular weight is 291 g/mol. The summed E-state index contributed by atoms with van der Waals surface area (Å²) in [6, 6.07) is 5.65. The lowest BCUT2D eigenvalue weighted by Crippen LogP contribution is -2.45. The van der Waals surface area contributed by atoms with Gasteiger partial charge in [-0.2, -0.15) is 0 Å². The zero-order valence-electron chi connectivity index (χ0n) is 11.3. The molecule has 0 aromatic heterocycles. The van der Waals surface area contributed by atoms with Gasteiger partial charge in [0.15, 0.2) is 6.10 Å². The number of nitrogens with two attached hydrogens (primary N) is 1. The Morgan fingerprint density at radius 3 is 2.63 bits per heavy atom. The average Bonchev–Trinajstić information content (AvgIpc) is 2.36. The molecule has 0 aliphatic carbocycles. The van der Waals surface area contributed by atoms with Gasteiger partial charge < -0.3 is 15.4 Å². The third-order valence-electron chi connectivity index (χ3n) is 2.81. The third kappa shape index (κ3) is 5.04. The first kappa shape index (κ1) is 17.7. The van der Waals surface area contributed by atoms with Gasteiger partial charge in [-0.25, -0.2) is 4.39 Å². The quantitative estimate of drug-likeness (QED) is 0.900. The van der Waals surface area contributed by atoms with Crippen LogP contribution >= 0.6 is 12.4 Å². The molecule has 0 bridgehead atoms. The monoisotopic (exact) mass is 290 g/mol. The maximum absolute atomic E-state index is 13.0. The molecule has 2 unspecified atom stereocenters. The number of likely N-dealkylation sites (N-methyl/N-ethyl adjacent to an activating group) is 1. The van der Waals surface area contributed by atoms with Crippen LogP contribution in [0.25, 0.3) is 0 Å². The summed E-state index contributed by atoms with van der Waals surface area (Å²) < 4.78 is 18.4. The van der Waals surface area contributed by atoms with Crippen LogP contribution in [0.2, 0.25) is 0 Å². The van der Waals surface area contributed by atoms with E-state index < -0.39 is 11.9 Å². The topological polar surface area (TPSA) is 55.6 Å². The van der Waals surface area contributed by atoms with Crippen molar-refractivity contribution in [2.75, 3.05) is 13.6 Å². The molecule has 108 valence electrons. The number of halogens is 2. The van der Waals surface area contributed by atoms with E-state index in [1.54, 1.807) is 20.0 Å². The Morgan fingerprint density at radius 2 is 2.11 bits per heavy atom. The Morgan fingerprint density at radius 1 is 1.47 bits per heavy atom. The molecule has 1 aromatic carbocycles. The molecule has 1 amide bonds. The number of hydrogen-bond donors (Lipinski definition) is 1. The highest BCUT2D eigenvalue weighted by Gasteiger charge is 2.22. The van der Waals surface area contributed by atoms with Gasteiger partial charge in [0.2, 0.25) is 0 Å². The van der Waals surface area contributed by atoms with E-state index in [0.29, 0.717) is 12.3 Å². The number of nitrogens with zero attached hydrogens (tertiary/aromatic N) is 1. The van der Waals surface area contributed by atoms with E-state index in [9.17, 15) is 9.18 Å². The van der Waals surface area contributed by atoms with Crippen LogP contribution in [0.5, 0.6) is 5.75 Å². The SMILES string of the molecule is CC(Oc1cccc(F)c1)C(=O)N(C)C(C)CN.Cl. The van der Waals surface area contributed by atoms with Gasteiger partial charge in [-0.3, -0.25) is 4.79 Å². The van der Waals surface area contributed by atoms with Gasteiger partial charge >= 0.3 is 0 Å². The summed E-state index contributed by atoms with van der Waals surface area (Å²) in [4.78, 5) is 13.5. The first-order valence-corrected chi connectivity index (χ1v) is 5.84. The van der Waals surface area contributed by atoms with Crippen LogP contribution in [-0.2, 0) is 4.79 Å². The minimum Gasteiger partial charge on any atom is -0.481 e. The maximum Gasteiger partial charge on any atom is 0.263 e. The van der Waals surface area contributed by atoms with E-state index >= 15 is 0 Å². The molecular weight excluding hydrogens is 271 g/mol. The van der Waals surface area contributed by atoms with Crippen molar-refractivity contribution in [2.24, 2.45) is 5.73 Å². The highest BCUT2D eigenvalue weighted by Crippen LogP contribution is 2.14. The van der Waals surface area contributed by atoms with Crippen LogP contribution in [0.15, 0.2) is 24.3 Å². The molecule has 0 saturated carbocycles. The van der Waals surface area contributed by atoms with Crippen LogP contribution < -0.4 is 10.5 Å². The summed E-state index contributed by atoms with van der Waals surface area (Å²) in [5, 5.41) is 0. The Balaban J connectivity index is 0.00000324. The maximum atomic E-state index is 13.0. The molecule has 0 spiro atoms. The third-order valence-corrected chi connectivity index (χ3v) is 2.81. The molecule has 6 heteroatoms. The number of carbonyl (C=O) groups is 1. The summed E-state index contributed by atoms with van der Waals surface area (Å²) >= 11 is 0.